The number of rotatable bonds is 5. The first-order valence-electron chi connectivity index (χ1n) is 7.90. The third-order valence-corrected chi connectivity index (χ3v) is 3.99. The molecule has 3 rings (SSSR count). The van der Waals surface area contributed by atoms with Crippen LogP contribution in [0.25, 0.3) is 0 Å². The van der Waals surface area contributed by atoms with Crippen LogP contribution >= 0.6 is 0 Å². The number of benzene rings is 1. The Morgan fingerprint density at radius 1 is 0.958 bits per heavy atom. The third-order valence-electron chi connectivity index (χ3n) is 3.99. The molecule has 0 aliphatic rings. The van der Waals surface area contributed by atoms with Crippen molar-refractivity contribution in [1.29, 1.82) is 0 Å². The van der Waals surface area contributed by atoms with Crippen molar-refractivity contribution in [2.75, 3.05) is 0 Å². The zero-order chi connectivity index (χ0) is 16.8. The summed E-state index contributed by atoms with van der Waals surface area (Å²) >= 11 is 0. The number of pyridine rings is 2. The lowest BCUT2D eigenvalue weighted by Gasteiger charge is -2.30. The average molecular weight is 317 g/mol. The van der Waals surface area contributed by atoms with E-state index in [1.54, 1.807) is 36.9 Å². The van der Waals surface area contributed by atoms with Gasteiger partial charge in [-0.25, -0.2) is 0 Å². The maximum atomic E-state index is 13.0. The maximum Gasteiger partial charge on any atom is 0.256 e. The van der Waals surface area contributed by atoms with Gasteiger partial charge in [-0.2, -0.15) is 0 Å². The highest BCUT2D eigenvalue weighted by atomic mass is 16.2. The van der Waals surface area contributed by atoms with Crippen molar-refractivity contribution in [3.63, 3.8) is 0 Å². The predicted molar refractivity (Wildman–Crippen MR) is 93.2 cm³/mol. The number of hydrogen-bond donors (Lipinski definition) is 0. The summed E-state index contributed by atoms with van der Waals surface area (Å²) in [5, 5.41) is 0. The molecule has 2 heterocycles. The van der Waals surface area contributed by atoms with Crippen LogP contribution in [0.15, 0.2) is 79.4 Å². The van der Waals surface area contributed by atoms with E-state index in [2.05, 4.69) is 9.97 Å². The molecule has 0 spiro atoms. The largest absolute Gasteiger partial charge is 0.327 e. The van der Waals surface area contributed by atoms with Crippen molar-refractivity contribution >= 4 is 5.91 Å². The molecular weight excluding hydrogens is 298 g/mol. The van der Waals surface area contributed by atoms with Crippen molar-refractivity contribution in [3.05, 3.63) is 96.1 Å². The predicted octanol–water partition coefficient (Wildman–Crippen LogP) is 3.88. The van der Waals surface area contributed by atoms with Gasteiger partial charge in [-0.1, -0.05) is 36.4 Å². The molecule has 0 aliphatic carbocycles. The van der Waals surface area contributed by atoms with Crippen molar-refractivity contribution in [1.82, 2.24) is 14.9 Å². The molecule has 1 unspecified atom stereocenters. The van der Waals surface area contributed by atoms with Crippen molar-refractivity contribution < 1.29 is 4.79 Å². The number of aromatic nitrogens is 2. The first kappa shape index (κ1) is 15.9. The van der Waals surface area contributed by atoms with Crippen molar-refractivity contribution in [2.45, 2.75) is 19.5 Å². The lowest BCUT2D eigenvalue weighted by atomic mass is 10.0. The summed E-state index contributed by atoms with van der Waals surface area (Å²) in [6.45, 7) is 2.54. The van der Waals surface area contributed by atoms with Gasteiger partial charge >= 0.3 is 0 Å². The lowest BCUT2D eigenvalue weighted by Crippen LogP contribution is -2.33. The van der Waals surface area contributed by atoms with Crippen LogP contribution in [0.2, 0.25) is 0 Å². The van der Waals surface area contributed by atoms with E-state index in [4.69, 9.17) is 0 Å². The average Bonchev–Trinajstić information content (AvgIpc) is 2.67. The summed E-state index contributed by atoms with van der Waals surface area (Å²) in [7, 11) is 0. The number of amides is 1. The normalized spacial score (nSPS) is 11.7. The molecule has 1 atom stereocenters. The van der Waals surface area contributed by atoms with Crippen molar-refractivity contribution in [3.8, 4) is 0 Å². The highest BCUT2D eigenvalue weighted by Gasteiger charge is 2.23. The second-order valence-corrected chi connectivity index (χ2v) is 5.62. The van der Waals surface area contributed by atoms with Crippen LogP contribution in [0.4, 0.5) is 0 Å². The lowest BCUT2D eigenvalue weighted by molar-refractivity contribution is 0.0673. The minimum atomic E-state index is -0.0564. The first-order chi connectivity index (χ1) is 11.8. The van der Waals surface area contributed by atoms with Gasteiger partial charge in [0.2, 0.25) is 0 Å². The molecule has 0 N–H and O–H groups in total. The quantitative estimate of drug-likeness (QED) is 0.717. The Morgan fingerprint density at radius 2 is 1.67 bits per heavy atom. The Hall–Kier alpha value is -3.01. The fraction of sp³-hybridized carbons (Fsp3) is 0.150. The van der Waals surface area contributed by atoms with Crippen LogP contribution in [0, 0.1) is 0 Å². The molecule has 0 radical (unpaired) electrons. The summed E-state index contributed by atoms with van der Waals surface area (Å²) < 4.78 is 0. The van der Waals surface area contributed by atoms with E-state index < -0.39 is 0 Å². The molecule has 24 heavy (non-hydrogen) atoms. The second-order valence-electron chi connectivity index (χ2n) is 5.62. The van der Waals surface area contributed by atoms with E-state index in [1.807, 2.05) is 54.3 Å². The van der Waals surface area contributed by atoms with Gasteiger partial charge in [-0.05, 0) is 36.2 Å². The number of hydrogen-bond acceptors (Lipinski definition) is 3. The number of nitrogens with zero attached hydrogens (tertiary/aromatic N) is 3. The Labute approximate surface area is 141 Å². The molecule has 4 nitrogen and oxygen atoms in total. The molecule has 4 heteroatoms. The third kappa shape index (κ3) is 3.66. The molecule has 0 saturated carbocycles. The van der Waals surface area contributed by atoms with Crippen LogP contribution in [0.5, 0.6) is 0 Å². The highest BCUT2D eigenvalue weighted by molar-refractivity contribution is 5.94. The van der Waals surface area contributed by atoms with Gasteiger partial charge in [0.25, 0.3) is 5.91 Å². The zero-order valence-corrected chi connectivity index (χ0v) is 13.5. The van der Waals surface area contributed by atoms with E-state index in [0.717, 1.165) is 11.1 Å². The second kappa shape index (κ2) is 7.51. The molecule has 2 aromatic heterocycles. The van der Waals surface area contributed by atoms with Gasteiger partial charge in [0.15, 0.2) is 0 Å². The minimum Gasteiger partial charge on any atom is -0.327 e. The summed E-state index contributed by atoms with van der Waals surface area (Å²) in [4.78, 5) is 23.1. The molecule has 1 amide bonds. The molecule has 0 aliphatic heterocycles. The Bertz CT molecular complexity index is 776. The number of carbonyl (C=O) groups excluding carboxylic acids is 1. The molecule has 0 fully saturated rings. The summed E-state index contributed by atoms with van der Waals surface area (Å²) in [6.07, 6.45) is 6.80. The van der Waals surface area contributed by atoms with Crippen molar-refractivity contribution in [2.24, 2.45) is 0 Å². The smallest absolute Gasteiger partial charge is 0.256 e. The van der Waals surface area contributed by atoms with E-state index in [9.17, 15) is 4.79 Å². The van der Waals surface area contributed by atoms with Gasteiger partial charge in [0.1, 0.15) is 0 Å². The molecule has 3 aromatic rings. The monoisotopic (exact) mass is 317 g/mol. The van der Waals surface area contributed by atoms with Crippen LogP contribution in [-0.2, 0) is 6.54 Å². The van der Waals surface area contributed by atoms with Crippen LogP contribution < -0.4 is 0 Å². The molecular formula is C20H19N3O. The molecule has 1 aromatic carbocycles. The van der Waals surface area contributed by atoms with E-state index in [0.29, 0.717) is 12.1 Å². The van der Waals surface area contributed by atoms with Crippen LogP contribution in [-0.4, -0.2) is 20.8 Å². The summed E-state index contributed by atoms with van der Waals surface area (Å²) in [5.74, 6) is -0.0386. The van der Waals surface area contributed by atoms with Gasteiger partial charge in [-0.3, -0.25) is 14.8 Å². The zero-order valence-electron chi connectivity index (χ0n) is 13.5. The van der Waals surface area contributed by atoms with Gasteiger partial charge in [-0.15, -0.1) is 0 Å². The fourth-order valence-corrected chi connectivity index (χ4v) is 2.64. The topological polar surface area (TPSA) is 46.1 Å². The minimum absolute atomic E-state index is 0.0386. The Morgan fingerprint density at radius 3 is 2.29 bits per heavy atom. The highest BCUT2D eigenvalue weighted by Crippen LogP contribution is 2.24. The Kier molecular flexibility index (Phi) is 4.96. The van der Waals surface area contributed by atoms with Crippen LogP contribution in [0.3, 0.4) is 0 Å². The molecule has 0 bridgehead atoms. The Balaban J connectivity index is 1.93. The SMILES string of the molecule is CC(c1ccccc1)N(Cc1cccnc1)C(=O)c1cccnc1. The maximum absolute atomic E-state index is 13.0. The van der Waals surface area contributed by atoms with E-state index >= 15 is 0 Å². The van der Waals surface area contributed by atoms with E-state index in [-0.39, 0.29) is 11.9 Å². The molecule has 120 valence electrons. The van der Waals surface area contributed by atoms with Crippen LogP contribution in [0.1, 0.15) is 34.5 Å². The summed E-state index contributed by atoms with van der Waals surface area (Å²) in [5.41, 5.74) is 2.68. The van der Waals surface area contributed by atoms with Gasteiger partial charge in [0.05, 0.1) is 11.6 Å². The van der Waals surface area contributed by atoms with Gasteiger partial charge < -0.3 is 4.90 Å². The fourth-order valence-electron chi connectivity index (χ4n) is 2.64. The number of carbonyl (C=O) groups is 1. The van der Waals surface area contributed by atoms with Gasteiger partial charge in [0, 0.05) is 31.3 Å². The summed E-state index contributed by atoms with van der Waals surface area (Å²) in [6, 6.07) is 17.4. The first-order valence-corrected chi connectivity index (χ1v) is 7.90. The molecule has 0 saturated heterocycles. The van der Waals surface area contributed by atoms with E-state index in [1.165, 1.54) is 0 Å². The standard InChI is InChI=1S/C20H19N3O/c1-16(18-8-3-2-4-9-18)23(15-17-7-5-11-21-13-17)20(24)19-10-6-12-22-14-19/h2-14,16H,15H2,1H3.